The maximum atomic E-state index is 14.7. The summed E-state index contributed by atoms with van der Waals surface area (Å²) in [5.74, 6) is -4.94. The molecule has 43 heavy (non-hydrogen) atoms. The van der Waals surface area contributed by atoms with Gasteiger partial charge in [0.25, 0.3) is 0 Å². The van der Waals surface area contributed by atoms with Gasteiger partial charge < -0.3 is 14.4 Å². The fraction of sp³-hybridized carbons (Fsp3) is 0.333. The Labute approximate surface area is 247 Å². The molecule has 1 amide bonds. The number of carbonyl (C=O) groups is 2. The van der Waals surface area contributed by atoms with E-state index in [1.165, 1.54) is 18.2 Å². The highest BCUT2D eigenvalue weighted by Gasteiger charge is 2.57. The number of hydrogen-bond donors (Lipinski definition) is 1. The molecule has 3 heterocycles. The maximum Gasteiger partial charge on any atom is 0.521 e. The first-order chi connectivity index (χ1) is 20.4. The molecule has 0 bridgehead atoms. The largest absolute Gasteiger partial charge is 0.521 e. The molecule has 3 aromatic carbocycles. The number of rotatable bonds is 6. The number of fused-ring (bicyclic) bond motifs is 1. The van der Waals surface area contributed by atoms with Gasteiger partial charge in [-0.3, -0.25) is 4.90 Å². The molecule has 2 saturated heterocycles. The first-order valence-corrected chi connectivity index (χ1v) is 14.3. The number of aromatic carboxylic acids is 1. The van der Waals surface area contributed by atoms with Gasteiger partial charge >= 0.3 is 12.1 Å². The SMILES string of the molecule is CC(C)n1cc(CN2CCC3(CC2)C[N+](C)(c2ccc(C(=O)O)cc2)C(=O)O3)c2cc(-c3ccc(F)c(F)c3F)ccc21. The van der Waals surface area contributed by atoms with E-state index in [0.717, 1.165) is 22.5 Å². The summed E-state index contributed by atoms with van der Waals surface area (Å²) >= 11 is 0. The lowest BCUT2D eigenvalue weighted by Gasteiger charge is -2.36. The number of carbonyl (C=O) groups excluding carboxylic acids is 1. The Balaban J connectivity index is 1.22. The third kappa shape index (κ3) is 4.98. The number of hydrogen-bond acceptors (Lipinski definition) is 4. The minimum atomic E-state index is -1.49. The lowest BCUT2D eigenvalue weighted by atomic mass is 9.90. The fourth-order valence-electron chi connectivity index (χ4n) is 6.50. The lowest BCUT2D eigenvalue weighted by Crippen LogP contribution is -2.51. The minimum absolute atomic E-state index is 0.00536. The number of aromatic nitrogens is 1. The number of nitrogens with zero attached hydrogens (tertiary/aromatic N) is 3. The zero-order valence-corrected chi connectivity index (χ0v) is 24.2. The van der Waals surface area contributed by atoms with E-state index in [4.69, 9.17) is 4.74 Å². The molecule has 2 fully saturated rings. The summed E-state index contributed by atoms with van der Waals surface area (Å²) in [4.78, 5) is 26.7. The highest BCUT2D eigenvalue weighted by Crippen LogP contribution is 2.40. The zero-order chi connectivity index (χ0) is 30.7. The number of carboxylic acid groups (broad SMARTS) is 1. The van der Waals surface area contributed by atoms with E-state index in [-0.39, 0.29) is 27.7 Å². The molecule has 0 saturated carbocycles. The molecule has 2 aliphatic heterocycles. The number of likely N-dealkylation sites (N-methyl/N-ethyl adjacent to an activating group) is 1. The van der Waals surface area contributed by atoms with Crippen LogP contribution in [0.4, 0.5) is 23.7 Å². The fourth-order valence-corrected chi connectivity index (χ4v) is 6.50. The van der Waals surface area contributed by atoms with Gasteiger partial charge in [0.05, 0.1) is 12.6 Å². The molecule has 2 aliphatic rings. The van der Waals surface area contributed by atoms with E-state index >= 15 is 0 Å². The van der Waals surface area contributed by atoms with Gasteiger partial charge in [-0.15, -0.1) is 0 Å². The topological polar surface area (TPSA) is 71.8 Å². The second-order valence-corrected chi connectivity index (χ2v) is 12.1. The van der Waals surface area contributed by atoms with Gasteiger partial charge in [-0.25, -0.2) is 18.0 Å². The number of ether oxygens (including phenoxy) is 1. The van der Waals surface area contributed by atoms with Gasteiger partial charge in [-0.1, -0.05) is 6.07 Å². The predicted molar refractivity (Wildman–Crippen MR) is 157 cm³/mol. The first kappa shape index (κ1) is 28.9. The van der Waals surface area contributed by atoms with Gasteiger partial charge in [0.2, 0.25) is 0 Å². The van der Waals surface area contributed by atoms with Crippen LogP contribution in [0.5, 0.6) is 0 Å². The standard InChI is InChI=1S/C33H32F3N3O4/c1-20(2)38-18-23(26-16-22(6-11-28(26)38)25-9-10-27(34)30(36)29(25)35)17-37-14-12-33(13-15-37)19-39(3,32(42)43-33)24-7-4-21(5-8-24)31(40)41/h4-11,16,18,20H,12-15,17,19H2,1-3H3/p+1. The molecular formula is C33H33F3N3O4+. The smallest absolute Gasteiger partial charge is 0.478 e. The van der Waals surface area contributed by atoms with Crippen LogP contribution in [0.3, 0.4) is 0 Å². The van der Waals surface area contributed by atoms with Crippen molar-refractivity contribution in [3.63, 3.8) is 0 Å². The molecule has 1 unspecified atom stereocenters. The van der Waals surface area contributed by atoms with Gasteiger partial charge in [0, 0.05) is 73.3 Å². The molecule has 1 spiro atoms. The van der Waals surface area contributed by atoms with Crippen molar-refractivity contribution in [3.8, 4) is 11.1 Å². The van der Waals surface area contributed by atoms with Crippen LogP contribution in [0.1, 0.15) is 48.7 Å². The van der Waals surface area contributed by atoms with E-state index in [2.05, 4.69) is 29.5 Å². The highest BCUT2D eigenvalue weighted by molar-refractivity contribution is 5.90. The van der Waals surface area contributed by atoms with Crippen molar-refractivity contribution in [2.45, 2.75) is 44.9 Å². The summed E-state index contributed by atoms with van der Waals surface area (Å²) in [6.07, 6.45) is 3.03. The van der Waals surface area contributed by atoms with E-state index in [9.17, 15) is 27.9 Å². The highest BCUT2D eigenvalue weighted by atomic mass is 19.2. The van der Waals surface area contributed by atoms with Gasteiger partial charge in [-0.05, 0) is 61.4 Å². The monoisotopic (exact) mass is 592 g/mol. The molecule has 1 atom stereocenters. The average molecular weight is 593 g/mol. The zero-order valence-electron chi connectivity index (χ0n) is 24.2. The number of benzene rings is 3. The van der Waals surface area contributed by atoms with Crippen molar-refractivity contribution in [2.24, 2.45) is 0 Å². The van der Waals surface area contributed by atoms with Gasteiger partial charge in [0.1, 0.15) is 12.2 Å². The molecule has 0 aliphatic carbocycles. The minimum Gasteiger partial charge on any atom is -0.478 e. The number of likely N-dealkylation sites (tertiary alicyclic amines) is 1. The number of piperidine rings is 1. The molecular weight excluding hydrogens is 559 g/mol. The molecule has 7 nitrogen and oxygen atoms in total. The van der Waals surface area contributed by atoms with E-state index in [1.54, 1.807) is 25.2 Å². The summed E-state index contributed by atoms with van der Waals surface area (Å²) in [7, 11) is 1.80. The number of amides is 1. The van der Waals surface area contributed by atoms with Crippen LogP contribution in [0, 0.1) is 17.5 Å². The summed E-state index contributed by atoms with van der Waals surface area (Å²) in [6, 6.07) is 14.2. The predicted octanol–water partition coefficient (Wildman–Crippen LogP) is 7.13. The van der Waals surface area contributed by atoms with E-state index in [0.29, 0.717) is 50.3 Å². The van der Waals surface area contributed by atoms with Gasteiger partial charge in [-0.2, -0.15) is 9.28 Å². The van der Waals surface area contributed by atoms with Crippen LogP contribution in [0.15, 0.2) is 60.8 Å². The molecule has 6 rings (SSSR count). The molecule has 1 aromatic heterocycles. The molecule has 0 radical (unpaired) electrons. The van der Waals surface area contributed by atoms with Crippen molar-refractivity contribution in [2.75, 3.05) is 26.7 Å². The second-order valence-electron chi connectivity index (χ2n) is 12.1. The second kappa shape index (κ2) is 10.5. The lowest BCUT2D eigenvalue weighted by molar-refractivity contribution is -0.00110. The van der Waals surface area contributed by atoms with E-state index < -0.39 is 29.0 Å². The van der Waals surface area contributed by atoms with Crippen molar-refractivity contribution >= 4 is 28.7 Å². The average Bonchev–Trinajstić information content (AvgIpc) is 3.47. The Bertz CT molecular complexity index is 1740. The number of carboxylic acids is 1. The van der Waals surface area contributed by atoms with Crippen molar-refractivity contribution in [3.05, 3.63) is 89.4 Å². The van der Waals surface area contributed by atoms with Crippen LogP contribution in [-0.4, -0.2) is 58.9 Å². The van der Waals surface area contributed by atoms with Gasteiger partial charge in [0.15, 0.2) is 23.1 Å². The van der Waals surface area contributed by atoms with Crippen molar-refractivity contribution in [1.82, 2.24) is 14.0 Å². The van der Waals surface area contributed by atoms with Crippen molar-refractivity contribution < 1.29 is 32.6 Å². The maximum absolute atomic E-state index is 14.7. The summed E-state index contributed by atoms with van der Waals surface area (Å²) in [6.45, 7) is 6.62. The summed E-state index contributed by atoms with van der Waals surface area (Å²) in [5, 5.41) is 10.1. The Morgan fingerprint density at radius 2 is 1.72 bits per heavy atom. The number of halogens is 3. The summed E-state index contributed by atoms with van der Waals surface area (Å²) < 4.78 is 50.4. The third-order valence-corrected chi connectivity index (χ3v) is 8.97. The summed E-state index contributed by atoms with van der Waals surface area (Å²) in [5.41, 5.74) is 2.71. The molecule has 10 heteroatoms. The Hall–Kier alpha value is -4.15. The third-order valence-electron chi connectivity index (χ3n) is 8.97. The molecule has 4 aromatic rings. The van der Waals surface area contributed by atoms with Crippen LogP contribution < -0.4 is 4.48 Å². The number of quaternary nitrogens is 1. The normalized spacial score (nSPS) is 20.3. The van der Waals surface area contributed by atoms with Crippen LogP contribution >= 0.6 is 0 Å². The Morgan fingerprint density at radius 3 is 2.37 bits per heavy atom. The van der Waals surface area contributed by atoms with Crippen LogP contribution in [0.25, 0.3) is 22.0 Å². The van der Waals surface area contributed by atoms with E-state index in [1.807, 2.05) is 12.1 Å². The Morgan fingerprint density at radius 1 is 1.02 bits per heavy atom. The molecule has 1 N–H and O–H groups in total. The Kier molecular flexibility index (Phi) is 7.09. The van der Waals surface area contributed by atoms with Crippen LogP contribution in [-0.2, 0) is 11.3 Å². The first-order valence-electron chi connectivity index (χ1n) is 14.3. The van der Waals surface area contributed by atoms with Crippen LogP contribution in [0.2, 0.25) is 0 Å². The molecule has 224 valence electrons. The quantitative estimate of drug-likeness (QED) is 0.191. The van der Waals surface area contributed by atoms with Crippen molar-refractivity contribution in [1.29, 1.82) is 0 Å².